The van der Waals surface area contributed by atoms with Crippen LogP contribution in [0.5, 0.6) is 0 Å². The van der Waals surface area contributed by atoms with Crippen molar-refractivity contribution in [2.75, 3.05) is 6.54 Å². The van der Waals surface area contributed by atoms with Crippen molar-refractivity contribution in [2.45, 2.75) is 19.4 Å². The first-order valence-corrected chi connectivity index (χ1v) is 5.12. The molecule has 0 unspecified atom stereocenters. The van der Waals surface area contributed by atoms with Crippen LogP contribution in [-0.4, -0.2) is 6.54 Å². The highest BCUT2D eigenvalue weighted by molar-refractivity contribution is 6.30. The van der Waals surface area contributed by atoms with Gasteiger partial charge in [-0.3, -0.25) is 0 Å². The number of hydrogen-bond donors (Lipinski definition) is 1. The molecule has 13 heavy (non-hydrogen) atoms. The normalized spacial score (nSPS) is 27.8. The number of benzene rings is 1. The first-order chi connectivity index (χ1) is 6.25. The first kappa shape index (κ1) is 9.04. The van der Waals surface area contributed by atoms with Gasteiger partial charge in [-0.2, -0.15) is 0 Å². The second kappa shape index (κ2) is 3.69. The summed E-state index contributed by atoms with van der Waals surface area (Å²) in [5, 5.41) is 4.31. The molecule has 0 bridgehead atoms. The molecule has 1 aliphatic heterocycles. The average molecular weight is 196 g/mol. The van der Waals surface area contributed by atoms with Crippen LogP contribution in [-0.2, 0) is 0 Å². The van der Waals surface area contributed by atoms with Gasteiger partial charge in [0.1, 0.15) is 0 Å². The van der Waals surface area contributed by atoms with Crippen LogP contribution < -0.4 is 5.32 Å². The predicted octanol–water partition coefficient (Wildman–Crippen LogP) is 3.01. The lowest BCUT2D eigenvalue weighted by Gasteiger charge is -2.10. The SMILES string of the molecule is C[C@H]1CN[C@H](c2ccc(Cl)cc2)C1. The minimum absolute atomic E-state index is 0.535. The summed E-state index contributed by atoms with van der Waals surface area (Å²) in [4.78, 5) is 0. The van der Waals surface area contributed by atoms with Crippen molar-refractivity contribution in [1.82, 2.24) is 5.32 Å². The van der Waals surface area contributed by atoms with Crippen molar-refractivity contribution in [2.24, 2.45) is 5.92 Å². The molecule has 1 saturated heterocycles. The topological polar surface area (TPSA) is 12.0 Å². The Balaban J connectivity index is 2.13. The van der Waals surface area contributed by atoms with Crippen molar-refractivity contribution in [3.8, 4) is 0 Å². The maximum atomic E-state index is 5.83. The van der Waals surface area contributed by atoms with Crippen LogP contribution in [0.15, 0.2) is 24.3 Å². The monoisotopic (exact) mass is 195 g/mol. The molecule has 2 heteroatoms. The van der Waals surface area contributed by atoms with Crippen LogP contribution in [0.1, 0.15) is 24.9 Å². The second-order valence-electron chi connectivity index (χ2n) is 3.85. The van der Waals surface area contributed by atoms with E-state index in [1.54, 1.807) is 0 Å². The standard InChI is InChI=1S/C11H14ClN/c1-8-6-11(13-7-8)9-2-4-10(12)5-3-9/h2-5,8,11,13H,6-7H2,1H3/t8-,11+/m1/s1. The molecule has 0 radical (unpaired) electrons. The van der Waals surface area contributed by atoms with Crippen LogP contribution in [0.4, 0.5) is 0 Å². The molecular formula is C11H14ClN. The third-order valence-electron chi connectivity index (χ3n) is 2.62. The molecule has 0 amide bonds. The first-order valence-electron chi connectivity index (χ1n) is 4.74. The fraction of sp³-hybridized carbons (Fsp3) is 0.455. The van der Waals surface area contributed by atoms with Gasteiger partial charge in [0.05, 0.1) is 0 Å². The molecule has 70 valence electrons. The van der Waals surface area contributed by atoms with E-state index in [0.717, 1.165) is 17.5 Å². The molecule has 1 N–H and O–H groups in total. The molecule has 1 nitrogen and oxygen atoms in total. The molecule has 1 aromatic carbocycles. The summed E-state index contributed by atoms with van der Waals surface area (Å²) in [5.41, 5.74) is 1.36. The molecule has 0 spiro atoms. The highest BCUT2D eigenvalue weighted by Crippen LogP contribution is 2.27. The lowest BCUT2D eigenvalue weighted by Crippen LogP contribution is -2.13. The highest BCUT2D eigenvalue weighted by Gasteiger charge is 2.21. The lowest BCUT2D eigenvalue weighted by atomic mass is 10.0. The Kier molecular flexibility index (Phi) is 2.56. The summed E-state index contributed by atoms with van der Waals surface area (Å²) in [6.45, 7) is 3.41. The van der Waals surface area contributed by atoms with E-state index in [9.17, 15) is 0 Å². The molecule has 2 rings (SSSR count). The quantitative estimate of drug-likeness (QED) is 0.727. The third-order valence-corrected chi connectivity index (χ3v) is 2.88. The maximum Gasteiger partial charge on any atom is 0.0406 e. The minimum atomic E-state index is 0.535. The van der Waals surface area contributed by atoms with E-state index in [0.29, 0.717) is 6.04 Å². The number of hydrogen-bond acceptors (Lipinski definition) is 1. The smallest absolute Gasteiger partial charge is 0.0406 e. The van der Waals surface area contributed by atoms with Gasteiger partial charge in [-0.25, -0.2) is 0 Å². The van der Waals surface area contributed by atoms with Crippen molar-refractivity contribution in [1.29, 1.82) is 0 Å². The molecule has 1 fully saturated rings. The van der Waals surface area contributed by atoms with E-state index in [2.05, 4.69) is 24.4 Å². The Morgan fingerprint density at radius 1 is 1.31 bits per heavy atom. The molecule has 0 saturated carbocycles. The maximum absolute atomic E-state index is 5.83. The van der Waals surface area contributed by atoms with Crippen molar-refractivity contribution >= 4 is 11.6 Å². The molecule has 0 aliphatic carbocycles. The second-order valence-corrected chi connectivity index (χ2v) is 4.29. The predicted molar refractivity (Wildman–Crippen MR) is 56.0 cm³/mol. The molecule has 0 aromatic heterocycles. The summed E-state index contributed by atoms with van der Waals surface area (Å²) in [5.74, 6) is 0.792. The van der Waals surface area contributed by atoms with Gasteiger partial charge in [0.2, 0.25) is 0 Å². The summed E-state index contributed by atoms with van der Waals surface area (Å²) in [7, 11) is 0. The number of nitrogens with one attached hydrogen (secondary N) is 1. The van der Waals surface area contributed by atoms with Crippen LogP contribution in [0.2, 0.25) is 5.02 Å². The van der Waals surface area contributed by atoms with E-state index < -0.39 is 0 Å². The zero-order chi connectivity index (χ0) is 9.26. The molecule has 2 atom stereocenters. The van der Waals surface area contributed by atoms with Gasteiger partial charge < -0.3 is 5.32 Å². The molecular weight excluding hydrogens is 182 g/mol. The van der Waals surface area contributed by atoms with Crippen molar-refractivity contribution < 1.29 is 0 Å². The number of rotatable bonds is 1. The van der Waals surface area contributed by atoms with Crippen molar-refractivity contribution in [3.63, 3.8) is 0 Å². The van der Waals surface area contributed by atoms with E-state index in [-0.39, 0.29) is 0 Å². The van der Waals surface area contributed by atoms with E-state index in [4.69, 9.17) is 11.6 Å². The van der Waals surface area contributed by atoms with Gasteiger partial charge in [0.15, 0.2) is 0 Å². The summed E-state index contributed by atoms with van der Waals surface area (Å²) >= 11 is 5.83. The Morgan fingerprint density at radius 2 is 2.00 bits per heavy atom. The average Bonchev–Trinajstić information content (AvgIpc) is 2.53. The third kappa shape index (κ3) is 2.04. The van der Waals surface area contributed by atoms with Crippen LogP contribution in [0.3, 0.4) is 0 Å². The van der Waals surface area contributed by atoms with Crippen LogP contribution >= 0.6 is 11.6 Å². The van der Waals surface area contributed by atoms with Crippen LogP contribution in [0.25, 0.3) is 0 Å². The Bertz CT molecular complexity index is 281. The van der Waals surface area contributed by atoms with Gasteiger partial charge >= 0.3 is 0 Å². The van der Waals surface area contributed by atoms with E-state index in [1.807, 2.05) is 12.1 Å². The lowest BCUT2D eigenvalue weighted by molar-refractivity contribution is 0.612. The molecule has 1 heterocycles. The zero-order valence-electron chi connectivity index (χ0n) is 7.76. The Morgan fingerprint density at radius 3 is 2.54 bits per heavy atom. The Hall–Kier alpha value is -0.530. The highest BCUT2D eigenvalue weighted by atomic mass is 35.5. The summed E-state index contributed by atoms with van der Waals surface area (Å²) in [6.07, 6.45) is 1.24. The minimum Gasteiger partial charge on any atom is -0.310 e. The summed E-state index contributed by atoms with van der Waals surface area (Å²) < 4.78 is 0. The summed E-state index contributed by atoms with van der Waals surface area (Å²) in [6, 6.07) is 8.67. The van der Waals surface area contributed by atoms with Gasteiger partial charge in [-0.1, -0.05) is 30.7 Å². The van der Waals surface area contributed by atoms with Crippen molar-refractivity contribution in [3.05, 3.63) is 34.9 Å². The molecule has 1 aliphatic rings. The van der Waals surface area contributed by atoms with Gasteiger partial charge in [0, 0.05) is 11.1 Å². The largest absolute Gasteiger partial charge is 0.310 e. The zero-order valence-corrected chi connectivity index (χ0v) is 8.51. The molecule has 1 aromatic rings. The Labute approximate surface area is 84.1 Å². The van der Waals surface area contributed by atoms with Gasteiger partial charge in [-0.05, 0) is 36.6 Å². The fourth-order valence-corrected chi connectivity index (χ4v) is 1.99. The fourth-order valence-electron chi connectivity index (χ4n) is 1.86. The van der Waals surface area contributed by atoms with Gasteiger partial charge in [-0.15, -0.1) is 0 Å². The number of halogens is 1. The van der Waals surface area contributed by atoms with Gasteiger partial charge in [0.25, 0.3) is 0 Å². The van der Waals surface area contributed by atoms with E-state index >= 15 is 0 Å². The van der Waals surface area contributed by atoms with E-state index in [1.165, 1.54) is 12.0 Å². The van der Waals surface area contributed by atoms with Crippen LogP contribution in [0, 0.1) is 5.92 Å².